The normalized spacial score (nSPS) is 15.0. The highest BCUT2D eigenvalue weighted by molar-refractivity contribution is 6.04. The number of aromatic amines is 1. The van der Waals surface area contributed by atoms with Crippen LogP contribution in [-0.2, 0) is 6.42 Å². The maximum absolute atomic E-state index is 12.9. The number of ether oxygens (including phenoxy) is 1. The molecule has 0 fully saturated rings. The van der Waals surface area contributed by atoms with E-state index in [1.807, 2.05) is 37.3 Å². The maximum Gasteiger partial charge on any atom is 0.166 e. The third-order valence-corrected chi connectivity index (χ3v) is 5.44. The molecular weight excluding hydrogens is 364 g/mol. The van der Waals surface area contributed by atoms with Crippen LogP contribution in [0.2, 0.25) is 0 Å². The van der Waals surface area contributed by atoms with E-state index < -0.39 is 0 Å². The lowest BCUT2D eigenvalue weighted by Crippen LogP contribution is -2.07. The van der Waals surface area contributed by atoms with Gasteiger partial charge in [0.2, 0.25) is 0 Å². The fourth-order valence-electron chi connectivity index (χ4n) is 3.86. The van der Waals surface area contributed by atoms with Crippen LogP contribution < -0.4 is 4.74 Å². The Labute approximate surface area is 170 Å². The molecule has 0 saturated heterocycles. The lowest BCUT2D eigenvalue weighted by Gasteiger charge is -2.12. The van der Waals surface area contributed by atoms with Crippen molar-refractivity contribution in [1.29, 1.82) is 0 Å². The molecule has 1 unspecified atom stereocenters. The predicted molar refractivity (Wildman–Crippen MR) is 111 cm³/mol. The first-order chi connectivity index (χ1) is 14.2. The molecule has 148 valence electrons. The van der Waals surface area contributed by atoms with Gasteiger partial charge in [-0.1, -0.05) is 37.3 Å². The van der Waals surface area contributed by atoms with Crippen LogP contribution in [-0.4, -0.2) is 28.4 Å². The highest BCUT2D eigenvalue weighted by Crippen LogP contribution is 2.42. The summed E-state index contributed by atoms with van der Waals surface area (Å²) in [6.45, 7) is 2.32. The van der Waals surface area contributed by atoms with Crippen LogP contribution in [0.1, 0.15) is 69.6 Å². The Morgan fingerprint density at radius 1 is 1.14 bits per heavy atom. The Morgan fingerprint density at radius 3 is 2.69 bits per heavy atom. The van der Waals surface area contributed by atoms with Gasteiger partial charge in [-0.15, -0.1) is 0 Å². The molecule has 5 nitrogen and oxygen atoms in total. The summed E-state index contributed by atoms with van der Waals surface area (Å²) < 4.78 is 5.94. The molecule has 0 spiro atoms. The van der Waals surface area contributed by atoms with Crippen LogP contribution in [0.3, 0.4) is 0 Å². The molecule has 0 saturated carbocycles. The van der Waals surface area contributed by atoms with E-state index in [0.29, 0.717) is 36.3 Å². The van der Waals surface area contributed by atoms with Gasteiger partial charge in [-0.3, -0.25) is 14.7 Å². The van der Waals surface area contributed by atoms with Crippen LogP contribution >= 0.6 is 0 Å². The molecular formula is C24H24N2O3. The number of Topliss-reactive ketones (excluding diaryl/α,β-unsaturated/α-hetero) is 2. The van der Waals surface area contributed by atoms with Crippen LogP contribution in [0, 0.1) is 0 Å². The predicted octanol–water partition coefficient (Wildman–Crippen LogP) is 4.73. The number of hydrogen-bond donors (Lipinski definition) is 1. The molecule has 0 aliphatic carbocycles. The van der Waals surface area contributed by atoms with Crippen LogP contribution in [0.4, 0.5) is 0 Å². The SMILES string of the molecule is CCC(=O)c1cc(C(=O)CCCc2ccn[nH]2)cc2c1OCC2c1ccccc1. The number of rotatable bonds is 8. The molecule has 2 aromatic carbocycles. The van der Waals surface area contributed by atoms with Gasteiger partial charge in [-0.05, 0) is 36.6 Å². The largest absolute Gasteiger partial charge is 0.492 e. The Kier molecular flexibility index (Phi) is 5.56. The van der Waals surface area contributed by atoms with E-state index in [1.54, 1.807) is 12.3 Å². The number of H-pyrrole nitrogens is 1. The number of benzene rings is 2. The van der Waals surface area contributed by atoms with Crippen LogP contribution in [0.25, 0.3) is 0 Å². The van der Waals surface area contributed by atoms with Gasteiger partial charge in [0.25, 0.3) is 0 Å². The quantitative estimate of drug-likeness (QED) is 0.566. The van der Waals surface area contributed by atoms with E-state index in [9.17, 15) is 9.59 Å². The summed E-state index contributed by atoms with van der Waals surface area (Å²) in [6.07, 6.45) is 4.02. The van der Waals surface area contributed by atoms with Gasteiger partial charge in [0, 0.05) is 41.8 Å². The van der Waals surface area contributed by atoms with Crippen molar-refractivity contribution >= 4 is 11.6 Å². The Balaban J connectivity index is 1.62. The van der Waals surface area contributed by atoms with E-state index in [1.165, 1.54) is 0 Å². The van der Waals surface area contributed by atoms with Gasteiger partial charge < -0.3 is 4.74 Å². The number of nitrogens with zero attached hydrogens (tertiary/aromatic N) is 1. The molecule has 1 aromatic heterocycles. The highest BCUT2D eigenvalue weighted by atomic mass is 16.5. The average molecular weight is 388 g/mol. The van der Waals surface area contributed by atoms with Gasteiger partial charge >= 0.3 is 0 Å². The van der Waals surface area contributed by atoms with E-state index in [-0.39, 0.29) is 17.5 Å². The topological polar surface area (TPSA) is 72.0 Å². The first-order valence-electron chi connectivity index (χ1n) is 10.1. The molecule has 4 rings (SSSR count). The highest BCUT2D eigenvalue weighted by Gasteiger charge is 2.31. The van der Waals surface area contributed by atoms with Gasteiger partial charge in [0.05, 0.1) is 12.2 Å². The minimum Gasteiger partial charge on any atom is -0.492 e. The van der Waals surface area contributed by atoms with Gasteiger partial charge in [-0.2, -0.15) is 5.10 Å². The summed E-state index contributed by atoms with van der Waals surface area (Å²) in [5, 5.41) is 6.85. The van der Waals surface area contributed by atoms with E-state index in [2.05, 4.69) is 22.3 Å². The van der Waals surface area contributed by atoms with Crippen molar-refractivity contribution in [3.8, 4) is 5.75 Å². The molecule has 1 atom stereocenters. The number of hydrogen-bond acceptors (Lipinski definition) is 4. The Morgan fingerprint density at radius 2 is 1.97 bits per heavy atom. The number of carbonyl (C=O) groups is 2. The molecule has 1 N–H and O–H groups in total. The van der Waals surface area contributed by atoms with Crippen molar-refractivity contribution in [2.45, 2.75) is 38.5 Å². The average Bonchev–Trinajstić information content (AvgIpc) is 3.42. The molecule has 1 aliphatic heterocycles. The minimum absolute atomic E-state index is 0.00192. The van der Waals surface area contributed by atoms with Crippen molar-refractivity contribution in [2.75, 3.05) is 6.61 Å². The monoisotopic (exact) mass is 388 g/mol. The second kappa shape index (κ2) is 8.43. The van der Waals surface area contributed by atoms with E-state index >= 15 is 0 Å². The van der Waals surface area contributed by atoms with Crippen molar-refractivity contribution in [1.82, 2.24) is 10.2 Å². The number of nitrogens with one attached hydrogen (secondary N) is 1. The fourth-order valence-corrected chi connectivity index (χ4v) is 3.86. The Hall–Kier alpha value is -3.21. The first-order valence-corrected chi connectivity index (χ1v) is 10.1. The maximum atomic E-state index is 12.9. The van der Waals surface area contributed by atoms with E-state index in [4.69, 9.17) is 4.74 Å². The zero-order valence-corrected chi connectivity index (χ0v) is 16.5. The van der Waals surface area contributed by atoms with Crippen LogP contribution in [0.5, 0.6) is 5.75 Å². The minimum atomic E-state index is 0.00192. The summed E-state index contributed by atoms with van der Waals surface area (Å²) in [4.78, 5) is 25.5. The molecule has 3 aromatic rings. The zero-order chi connectivity index (χ0) is 20.2. The second-order valence-corrected chi connectivity index (χ2v) is 7.35. The van der Waals surface area contributed by atoms with Crippen molar-refractivity contribution in [3.63, 3.8) is 0 Å². The number of ketones is 2. The molecule has 0 radical (unpaired) electrons. The molecule has 0 bridgehead atoms. The molecule has 5 heteroatoms. The molecule has 1 aliphatic rings. The number of aryl methyl sites for hydroxylation is 1. The summed E-state index contributed by atoms with van der Waals surface area (Å²) in [5.41, 5.74) is 4.21. The Bertz CT molecular complexity index is 1010. The first kappa shape index (κ1) is 19.1. The zero-order valence-electron chi connectivity index (χ0n) is 16.5. The summed E-state index contributed by atoms with van der Waals surface area (Å²) in [5.74, 6) is 0.727. The van der Waals surface area contributed by atoms with Gasteiger partial charge in [0.1, 0.15) is 5.75 Å². The summed E-state index contributed by atoms with van der Waals surface area (Å²) >= 11 is 0. The summed E-state index contributed by atoms with van der Waals surface area (Å²) in [7, 11) is 0. The van der Waals surface area contributed by atoms with Crippen molar-refractivity contribution in [3.05, 3.63) is 82.7 Å². The summed E-state index contributed by atoms with van der Waals surface area (Å²) in [6, 6.07) is 15.6. The number of aromatic nitrogens is 2. The third-order valence-electron chi connectivity index (χ3n) is 5.44. The van der Waals surface area contributed by atoms with Crippen LogP contribution in [0.15, 0.2) is 54.7 Å². The van der Waals surface area contributed by atoms with Crippen molar-refractivity contribution in [2.24, 2.45) is 0 Å². The van der Waals surface area contributed by atoms with E-state index in [0.717, 1.165) is 29.7 Å². The molecule has 2 heterocycles. The second-order valence-electron chi connectivity index (χ2n) is 7.35. The van der Waals surface area contributed by atoms with Crippen molar-refractivity contribution < 1.29 is 14.3 Å². The fraction of sp³-hybridized carbons (Fsp3) is 0.292. The molecule has 29 heavy (non-hydrogen) atoms. The molecule has 0 amide bonds. The number of fused-ring (bicyclic) bond motifs is 1. The number of carbonyl (C=O) groups excluding carboxylic acids is 2. The van der Waals surface area contributed by atoms with Gasteiger partial charge in [0.15, 0.2) is 11.6 Å². The lowest BCUT2D eigenvalue weighted by atomic mass is 9.88. The smallest absolute Gasteiger partial charge is 0.166 e. The third kappa shape index (κ3) is 3.99. The standard InChI is InChI=1S/C24H24N2O3/c1-2-22(27)20-14-17(23(28)10-6-9-18-11-12-25-26-18)13-19-21(15-29-24(19)20)16-7-4-3-5-8-16/h3-5,7-8,11-14,21H,2,6,9-10,15H2,1H3,(H,25,26). The van der Waals surface area contributed by atoms with Gasteiger partial charge in [-0.25, -0.2) is 0 Å². The lowest BCUT2D eigenvalue weighted by molar-refractivity contribution is 0.0980.